The van der Waals surface area contributed by atoms with E-state index in [0.29, 0.717) is 0 Å². The SMILES string of the molecule is COCC(=O)NC1CCCCC1NC(=O)COC. The van der Waals surface area contributed by atoms with E-state index < -0.39 is 0 Å². The molecule has 1 saturated carbocycles. The summed E-state index contributed by atoms with van der Waals surface area (Å²) in [6.07, 6.45) is 3.89. The summed E-state index contributed by atoms with van der Waals surface area (Å²) >= 11 is 0. The van der Waals surface area contributed by atoms with Gasteiger partial charge in [0, 0.05) is 26.3 Å². The van der Waals surface area contributed by atoms with Crippen LogP contribution in [0.15, 0.2) is 0 Å². The maximum Gasteiger partial charge on any atom is 0.246 e. The largest absolute Gasteiger partial charge is 0.375 e. The Balaban J connectivity index is 2.46. The summed E-state index contributed by atoms with van der Waals surface area (Å²) in [5.41, 5.74) is 0. The van der Waals surface area contributed by atoms with Gasteiger partial charge in [-0.05, 0) is 12.8 Å². The summed E-state index contributed by atoms with van der Waals surface area (Å²) in [4.78, 5) is 23.0. The molecule has 6 heteroatoms. The van der Waals surface area contributed by atoms with E-state index in [1.54, 1.807) is 0 Å². The molecule has 0 saturated heterocycles. The number of ether oxygens (including phenoxy) is 2. The van der Waals surface area contributed by atoms with Crippen LogP contribution in [0.1, 0.15) is 25.7 Å². The van der Waals surface area contributed by atoms with E-state index in [4.69, 9.17) is 9.47 Å². The fraction of sp³-hybridized carbons (Fsp3) is 0.833. The van der Waals surface area contributed by atoms with Crippen molar-refractivity contribution in [2.75, 3.05) is 27.4 Å². The number of rotatable bonds is 6. The molecule has 0 aromatic rings. The molecule has 1 fully saturated rings. The Kier molecular flexibility index (Phi) is 6.67. The van der Waals surface area contributed by atoms with Gasteiger partial charge in [0.1, 0.15) is 13.2 Å². The van der Waals surface area contributed by atoms with E-state index in [9.17, 15) is 9.59 Å². The fourth-order valence-electron chi connectivity index (χ4n) is 2.24. The van der Waals surface area contributed by atoms with Gasteiger partial charge in [-0.1, -0.05) is 12.8 Å². The Morgan fingerprint density at radius 2 is 1.33 bits per heavy atom. The van der Waals surface area contributed by atoms with Crippen LogP contribution in [0, 0.1) is 0 Å². The van der Waals surface area contributed by atoms with Crippen molar-refractivity contribution in [1.82, 2.24) is 10.6 Å². The van der Waals surface area contributed by atoms with Gasteiger partial charge in [0.25, 0.3) is 0 Å². The highest BCUT2D eigenvalue weighted by molar-refractivity contribution is 5.79. The molecule has 1 aliphatic carbocycles. The highest BCUT2D eigenvalue weighted by Crippen LogP contribution is 2.18. The standard InChI is InChI=1S/C12H22N2O4/c1-17-7-11(15)13-9-5-3-4-6-10(9)14-12(16)8-18-2/h9-10H,3-8H2,1-2H3,(H,13,15)(H,14,16). The van der Waals surface area contributed by atoms with Crippen LogP contribution >= 0.6 is 0 Å². The molecule has 2 amide bonds. The second-order valence-electron chi connectivity index (χ2n) is 4.50. The van der Waals surface area contributed by atoms with Crippen molar-refractivity contribution in [3.63, 3.8) is 0 Å². The van der Waals surface area contributed by atoms with Gasteiger partial charge < -0.3 is 20.1 Å². The second kappa shape index (κ2) is 8.05. The van der Waals surface area contributed by atoms with Crippen LogP contribution in [-0.2, 0) is 19.1 Å². The first kappa shape index (κ1) is 14.9. The van der Waals surface area contributed by atoms with Gasteiger partial charge in [-0.25, -0.2) is 0 Å². The van der Waals surface area contributed by atoms with Gasteiger partial charge in [-0.3, -0.25) is 9.59 Å². The van der Waals surface area contributed by atoms with E-state index in [0.717, 1.165) is 25.7 Å². The lowest BCUT2D eigenvalue weighted by atomic mass is 9.90. The van der Waals surface area contributed by atoms with E-state index in [-0.39, 0.29) is 37.1 Å². The van der Waals surface area contributed by atoms with Gasteiger partial charge in [0.05, 0.1) is 0 Å². The Morgan fingerprint density at radius 1 is 0.944 bits per heavy atom. The van der Waals surface area contributed by atoms with Gasteiger partial charge in [-0.15, -0.1) is 0 Å². The van der Waals surface area contributed by atoms with Crippen molar-refractivity contribution < 1.29 is 19.1 Å². The molecule has 0 radical (unpaired) electrons. The van der Waals surface area contributed by atoms with Crippen LogP contribution < -0.4 is 10.6 Å². The Hall–Kier alpha value is -1.14. The molecule has 0 aliphatic heterocycles. The molecule has 0 aromatic heterocycles. The van der Waals surface area contributed by atoms with Crippen LogP contribution in [0.3, 0.4) is 0 Å². The first-order valence-electron chi connectivity index (χ1n) is 6.24. The molecule has 2 N–H and O–H groups in total. The minimum absolute atomic E-state index is 0.0118. The Morgan fingerprint density at radius 3 is 1.67 bits per heavy atom. The molecule has 1 rings (SSSR count). The lowest BCUT2D eigenvalue weighted by Gasteiger charge is -2.32. The number of amides is 2. The zero-order valence-electron chi connectivity index (χ0n) is 11.0. The van der Waals surface area contributed by atoms with E-state index in [2.05, 4.69) is 10.6 Å². The molecule has 0 heterocycles. The number of carbonyl (C=O) groups is 2. The topological polar surface area (TPSA) is 76.7 Å². The number of hydrogen-bond donors (Lipinski definition) is 2. The average molecular weight is 258 g/mol. The van der Waals surface area contributed by atoms with E-state index in [1.807, 2.05) is 0 Å². The van der Waals surface area contributed by atoms with Crippen molar-refractivity contribution in [1.29, 1.82) is 0 Å². The first-order valence-corrected chi connectivity index (χ1v) is 6.24. The van der Waals surface area contributed by atoms with Crippen LogP contribution in [-0.4, -0.2) is 51.3 Å². The molecule has 18 heavy (non-hydrogen) atoms. The normalized spacial score (nSPS) is 23.4. The fourth-order valence-corrected chi connectivity index (χ4v) is 2.24. The Labute approximate surface area is 107 Å². The van der Waals surface area contributed by atoms with Crippen molar-refractivity contribution >= 4 is 11.8 Å². The minimum Gasteiger partial charge on any atom is -0.375 e. The van der Waals surface area contributed by atoms with Crippen LogP contribution in [0.25, 0.3) is 0 Å². The first-order chi connectivity index (χ1) is 8.67. The molecule has 0 spiro atoms. The van der Waals surface area contributed by atoms with Gasteiger partial charge >= 0.3 is 0 Å². The molecule has 2 atom stereocenters. The molecule has 6 nitrogen and oxygen atoms in total. The summed E-state index contributed by atoms with van der Waals surface area (Å²) < 4.78 is 9.56. The smallest absolute Gasteiger partial charge is 0.246 e. The number of hydrogen-bond acceptors (Lipinski definition) is 4. The third-order valence-corrected chi connectivity index (χ3v) is 3.01. The minimum atomic E-state index is -0.143. The Bertz CT molecular complexity index is 255. The third-order valence-electron chi connectivity index (χ3n) is 3.01. The predicted molar refractivity (Wildman–Crippen MR) is 66.1 cm³/mol. The van der Waals surface area contributed by atoms with Gasteiger partial charge in [-0.2, -0.15) is 0 Å². The molecule has 0 aromatic carbocycles. The van der Waals surface area contributed by atoms with Crippen molar-refractivity contribution in [3.8, 4) is 0 Å². The number of nitrogens with one attached hydrogen (secondary N) is 2. The highest BCUT2D eigenvalue weighted by atomic mass is 16.5. The average Bonchev–Trinajstić information content (AvgIpc) is 2.32. The third kappa shape index (κ3) is 5.01. The van der Waals surface area contributed by atoms with Crippen molar-refractivity contribution in [3.05, 3.63) is 0 Å². The summed E-state index contributed by atoms with van der Waals surface area (Å²) in [5, 5.41) is 5.80. The van der Waals surface area contributed by atoms with Crippen LogP contribution in [0.2, 0.25) is 0 Å². The highest BCUT2D eigenvalue weighted by Gasteiger charge is 2.27. The van der Waals surface area contributed by atoms with Crippen molar-refractivity contribution in [2.45, 2.75) is 37.8 Å². The molecule has 0 bridgehead atoms. The zero-order chi connectivity index (χ0) is 13.4. The molecule has 104 valence electrons. The molecular weight excluding hydrogens is 236 g/mol. The van der Waals surface area contributed by atoms with Crippen molar-refractivity contribution in [2.24, 2.45) is 0 Å². The number of carbonyl (C=O) groups excluding carboxylic acids is 2. The maximum absolute atomic E-state index is 11.5. The quantitative estimate of drug-likeness (QED) is 0.693. The lowest BCUT2D eigenvalue weighted by Crippen LogP contribution is -2.54. The molecule has 2 unspecified atom stereocenters. The number of methoxy groups -OCH3 is 2. The summed E-state index contributed by atoms with van der Waals surface area (Å²) in [6.45, 7) is 0.102. The summed E-state index contributed by atoms with van der Waals surface area (Å²) in [5.74, 6) is -0.286. The zero-order valence-corrected chi connectivity index (χ0v) is 11.0. The maximum atomic E-state index is 11.5. The summed E-state index contributed by atoms with van der Waals surface area (Å²) in [6, 6.07) is -0.0237. The summed E-state index contributed by atoms with van der Waals surface area (Å²) in [7, 11) is 2.97. The van der Waals surface area contributed by atoms with Crippen LogP contribution in [0.5, 0.6) is 0 Å². The van der Waals surface area contributed by atoms with Gasteiger partial charge in [0.15, 0.2) is 0 Å². The second-order valence-corrected chi connectivity index (χ2v) is 4.50. The lowest BCUT2D eigenvalue weighted by molar-refractivity contribution is -0.128. The van der Waals surface area contributed by atoms with Crippen LogP contribution in [0.4, 0.5) is 0 Å². The molecular formula is C12H22N2O4. The van der Waals surface area contributed by atoms with E-state index in [1.165, 1.54) is 14.2 Å². The predicted octanol–water partition coefficient (Wildman–Crippen LogP) is -0.177. The molecule has 1 aliphatic rings. The monoisotopic (exact) mass is 258 g/mol. The van der Waals surface area contributed by atoms with Gasteiger partial charge in [0.2, 0.25) is 11.8 Å². The van der Waals surface area contributed by atoms with E-state index >= 15 is 0 Å².